The summed E-state index contributed by atoms with van der Waals surface area (Å²) in [5, 5.41) is 14.7. The summed E-state index contributed by atoms with van der Waals surface area (Å²) >= 11 is 0. The smallest absolute Gasteiger partial charge is 0.161 e. The molecule has 2 aromatic heterocycles. The van der Waals surface area contributed by atoms with Crippen LogP contribution in [-0.4, -0.2) is 102 Å². The van der Waals surface area contributed by atoms with Gasteiger partial charge in [0.1, 0.15) is 12.1 Å². The molecule has 0 bridgehead atoms. The highest BCUT2D eigenvalue weighted by atomic mass is 16.7. The first kappa shape index (κ1) is 29.6. The molecule has 1 atom stereocenters. The van der Waals surface area contributed by atoms with Crippen LogP contribution in [0.25, 0.3) is 11.3 Å². The Kier molecular flexibility index (Phi) is 8.51. The Morgan fingerprint density at radius 1 is 1.03 bits per heavy atom. The fraction of sp³-hybridized carbons (Fsp3) is 0.619. The van der Waals surface area contributed by atoms with Gasteiger partial charge >= 0.3 is 0 Å². The van der Waals surface area contributed by atoms with E-state index in [1.807, 2.05) is 30.9 Å². The zero-order chi connectivity index (χ0) is 27.8. The lowest BCUT2D eigenvalue weighted by Gasteiger charge is -2.49. The molecule has 8 nitrogen and oxygen atoms in total. The van der Waals surface area contributed by atoms with Crippen molar-refractivity contribution in [1.82, 2.24) is 19.7 Å². The molecule has 1 saturated carbocycles. The largest absolute Gasteiger partial charge is 0.383 e. The summed E-state index contributed by atoms with van der Waals surface area (Å²) in [4.78, 5) is 8.81. The van der Waals surface area contributed by atoms with Crippen LogP contribution in [0.5, 0.6) is 0 Å². The molecule has 16 heteroatoms. The predicted molar refractivity (Wildman–Crippen MR) is 170 cm³/mol. The summed E-state index contributed by atoms with van der Waals surface area (Å²) in [5.41, 5.74) is 8.64. The lowest BCUT2D eigenvalue weighted by atomic mass is 9.17. The Balaban J connectivity index is 2.07. The number of hydrogen-bond acceptors (Lipinski definition) is 7. The second kappa shape index (κ2) is 10.6. The summed E-state index contributed by atoms with van der Waals surface area (Å²) in [6.07, 6.45) is 5.67. The number of anilines is 1. The molecular formula is C21H38B8N6O2. The predicted octanol–water partition coefficient (Wildman–Crippen LogP) is -4.52. The van der Waals surface area contributed by atoms with Crippen LogP contribution >= 0.6 is 0 Å². The molecule has 1 aliphatic rings. The quantitative estimate of drug-likeness (QED) is 0.263. The molecule has 188 valence electrons. The first-order valence-electron chi connectivity index (χ1n) is 13.4. The number of rotatable bonds is 10. The molecule has 0 radical (unpaired) electrons. The van der Waals surface area contributed by atoms with Gasteiger partial charge < -0.3 is 15.2 Å². The van der Waals surface area contributed by atoms with Gasteiger partial charge in [-0.3, -0.25) is 4.68 Å². The monoisotopic (exact) mass is 494 g/mol. The van der Waals surface area contributed by atoms with Gasteiger partial charge in [-0.05, 0) is 19.8 Å². The average molecular weight is 493 g/mol. The highest BCUT2D eigenvalue weighted by Crippen LogP contribution is 2.80. The topological polar surface area (TPSA) is 112 Å². The Hall–Kier alpha value is -1.98. The second-order valence-electron chi connectivity index (χ2n) is 12.4. The highest BCUT2D eigenvalue weighted by molar-refractivity contribution is 6.68. The van der Waals surface area contributed by atoms with E-state index in [-0.39, 0.29) is 32.8 Å². The van der Waals surface area contributed by atoms with Crippen LogP contribution in [0.1, 0.15) is 31.9 Å². The van der Waals surface area contributed by atoms with Gasteiger partial charge in [0.2, 0.25) is 0 Å². The van der Waals surface area contributed by atoms with E-state index in [4.69, 9.17) is 20.3 Å². The van der Waals surface area contributed by atoms with Crippen LogP contribution in [0.3, 0.4) is 0 Å². The minimum Gasteiger partial charge on any atom is -0.383 e. The number of nitrogen functional groups attached to an aromatic ring is 1. The third-order valence-electron chi connectivity index (χ3n) is 10.3. The lowest BCUT2D eigenvalue weighted by molar-refractivity contribution is -0.134. The van der Waals surface area contributed by atoms with E-state index in [0.29, 0.717) is 37.6 Å². The van der Waals surface area contributed by atoms with E-state index in [1.165, 1.54) is 6.33 Å². The van der Waals surface area contributed by atoms with Crippen molar-refractivity contribution in [1.29, 1.82) is 5.26 Å². The van der Waals surface area contributed by atoms with Crippen LogP contribution in [0, 0.1) is 17.2 Å². The Bertz CT molecular complexity index is 1120. The molecule has 2 aromatic rings. The fourth-order valence-corrected chi connectivity index (χ4v) is 6.93. The molecule has 2 heterocycles. The van der Waals surface area contributed by atoms with Crippen molar-refractivity contribution >= 4 is 68.6 Å². The van der Waals surface area contributed by atoms with Crippen molar-refractivity contribution in [3.05, 3.63) is 24.3 Å². The SMILES string of the molecule is BC1(B)C([C@@H](CC#N)n2cc(-c3ncnc(N)c3CC(OCC)OCC)cn2)C(B)(B)C(B)(B)C1(B)B. The highest BCUT2D eigenvalue weighted by Gasteiger charge is 2.67. The van der Waals surface area contributed by atoms with Gasteiger partial charge in [0.25, 0.3) is 0 Å². The maximum atomic E-state index is 9.91. The zero-order valence-electron chi connectivity index (χ0n) is 24.4. The van der Waals surface area contributed by atoms with Crippen LogP contribution in [-0.2, 0) is 15.9 Å². The summed E-state index contributed by atoms with van der Waals surface area (Å²) in [7, 11) is 18.9. The molecular weight excluding hydrogens is 455 g/mol. The maximum Gasteiger partial charge on any atom is 0.161 e. The first-order valence-corrected chi connectivity index (χ1v) is 13.4. The molecule has 0 unspecified atom stereocenters. The summed E-state index contributed by atoms with van der Waals surface area (Å²) in [6, 6.07) is 2.37. The molecule has 0 amide bonds. The van der Waals surface area contributed by atoms with Crippen molar-refractivity contribution in [3.63, 3.8) is 0 Å². The number of nitrogens with two attached hydrogens (primary N) is 1. The second-order valence-corrected chi connectivity index (χ2v) is 12.4. The van der Waals surface area contributed by atoms with Gasteiger partial charge in [-0.1, -0.05) is 10.4 Å². The zero-order valence-corrected chi connectivity index (χ0v) is 24.4. The minimum absolute atomic E-state index is 0.0413. The van der Waals surface area contributed by atoms with Gasteiger partial charge in [-0.2, -0.15) is 10.4 Å². The van der Waals surface area contributed by atoms with Gasteiger partial charge in [-0.15, -0.1) is 10.4 Å². The summed E-state index contributed by atoms with van der Waals surface area (Å²) in [5.74, 6) is 0.616. The standard InChI is InChI=1S/C21H38B8N6O2/c1-3-36-14(37-4-2)7-12-15(32-10-33-17(12)31)11-8-34-35(9-11)13(5-6-30)16-18(22,23)20(26,27)21(28,29)19(16,24)25/h8-10,13-14,16H,3-5,7,22-29H2,1-2H3,(H2,31,32,33)/t13-/m1/s1. The number of nitrogens with zero attached hydrogens (tertiary/aromatic N) is 5. The van der Waals surface area contributed by atoms with Crippen LogP contribution in [0.4, 0.5) is 5.82 Å². The van der Waals surface area contributed by atoms with E-state index in [0.717, 1.165) is 11.1 Å². The maximum absolute atomic E-state index is 9.91. The van der Waals surface area contributed by atoms with E-state index in [1.54, 1.807) is 0 Å². The molecule has 0 aliphatic heterocycles. The fourth-order valence-electron chi connectivity index (χ4n) is 6.93. The number of nitriles is 1. The van der Waals surface area contributed by atoms with Crippen LogP contribution in [0.2, 0.25) is 20.9 Å². The third kappa shape index (κ3) is 4.83. The van der Waals surface area contributed by atoms with Crippen LogP contribution < -0.4 is 5.73 Å². The first-order chi connectivity index (χ1) is 17.2. The Morgan fingerprint density at radius 2 is 1.59 bits per heavy atom. The minimum atomic E-state index is -0.437. The Morgan fingerprint density at radius 3 is 2.11 bits per heavy atom. The molecule has 1 fully saturated rings. The molecule has 0 saturated heterocycles. The number of hydrogen-bond donors (Lipinski definition) is 1. The molecule has 3 rings (SSSR count). The van der Waals surface area contributed by atoms with Crippen LogP contribution in [0.15, 0.2) is 18.7 Å². The summed E-state index contributed by atoms with van der Waals surface area (Å²) in [6.45, 7) is 4.93. The number of ether oxygens (including phenoxy) is 2. The molecule has 2 N–H and O–H groups in total. The van der Waals surface area contributed by atoms with Crippen molar-refractivity contribution in [3.8, 4) is 17.3 Å². The average Bonchev–Trinajstić information content (AvgIpc) is 3.31. The number of aromatic nitrogens is 4. The van der Waals surface area contributed by atoms with Crippen molar-refractivity contribution in [2.24, 2.45) is 5.92 Å². The van der Waals surface area contributed by atoms with Gasteiger partial charge in [0.05, 0.1) is 93.2 Å². The van der Waals surface area contributed by atoms with Crippen molar-refractivity contribution in [2.45, 2.75) is 59.9 Å². The van der Waals surface area contributed by atoms with E-state index in [9.17, 15) is 5.26 Å². The molecule has 0 aromatic carbocycles. The lowest BCUT2D eigenvalue weighted by Crippen LogP contribution is -2.39. The Labute approximate surface area is 229 Å². The normalized spacial score (nSPS) is 20.5. The van der Waals surface area contributed by atoms with E-state index < -0.39 is 6.29 Å². The third-order valence-corrected chi connectivity index (χ3v) is 10.3. The van der Waals surface area contributed by atoms with Gasteiger partial charge in [0, 0.05) is 37.0 Å². The molecule has 37 heavy (non-hydrogen) atoms. The molecule has 1 aliphatic carbocycles. The van der Waals surface area contributed by atoms with Gasteiger partial charge in [-0.25, -0.2) is 9.97 Å². The van der Waals surface area contributed by atoms with Crippen molar-refractivity contribution in [2.75, 3.05) is 18.9 Å². The van der Waals surface area contributed by atoms with E-state index in [2.05, 4.69) is 78.8 Å². The van der Waals surface area contributed by atoms with Gasteiger partial charge in [0.15, 0.2) is 6.29 Å². The van der Waals surface area contributed by atoms with E-state index >= 15 is 0 Å². The van der Waals surface area contributed by atoms with Crippen molar-refractivity contribution < 1.29 is 9.47 Å². The summed E-state index contributed by atoms with van der Waals surface area (Å²) < 4.78 is 13.5. The molecule has 0 spiro atoms.